The lowest BCUT2D eigenvalue weighted by Crippen LogP contribution is -1.86. The predicted molar refractivity (Wildman–Crippen MR) is 70.1 cm³/mol. The van der Waals surface area contributed by atoms with E-state index in [-0.39, 0.29) is 0 Å². The summed E-state index contributed by atoms with van der Waals surface area (Å²) in [6.45, 7) is 2.05. The second-order valence-electron chi connectivity index (χ2n) is 4.16. The van der Waals surface area contributed by atoms with Crippen LogP contribution in [0.3, 0.4) is 0 Å². The van der Waals surface area contributed by atoms with Gasteiger partial charge in [-0.1, -0.05) is 18.2 Å². The summed E-state index contributed by atoms with van der Waals surface area (Å²) in [7, 11) is 0. The summed E-state index contributed by atoms with van der Waals surface area (Å²) in [6.07, 6.45) is 2.00. The Morgan fingerprint density at radius 3 is 2.56 bits per heavy atom. The van der Waals surface area contributed by atoms with Crippen molar-refractivity contribution < 1.29 is 0 Å². The molecule has 3 rings (SSSR count). The average molecular weight is 233 g/mol. The topological polar surface area (TPSA) is 41.1 Å². The lowest BCUT2D eigenvalue weighted by Gasteiger charge is -1.99. The smallest absolute Gasteiger partial charge is 0.137 e. The van der Waals surface area contributed by atoms with Crippen LogP contribution in [0.1, 0.15) is 11.3 Å². The predicted octanol–water partition coefficient (Wildman–Crippen LogP) is 3.18. The molecule has 0 fully saturated rings. The number of nitriles is 1. The standard InChI is InChI=1S/C15H11N3/c1-11-15(13-7-5-12(10-16)6-8-13)17-14-4-2-3-9-18(11)14/h2-9H,1H3. The van der Waals surface area contributed by atoms with E-state index in [4.69, 9.17) is 5.26 Å². The van der Waals surface area contributed by atoms with Crippen LogP contribution in [0.2, 0.25) is 0 Å². The molecule has 3 heteroatoms. The third-order valence-electron chi connectivity index (χ3n) is 3.06. The van der Waals surface area contributed by atoms with Gasteiger partial charge in [0.2, 0.25) is 0 Å². The van der Waals surface area contributed by atoms with Crippen LogP contribution in [0.5, 0.6) is 0 Å². The molecular weight excluding hydrogens is 222 g/mol. The molecule has 0 atom stereocenters. The Morgan fingerprint density at radius 2 is 1.89 bits per heavy atom. The van der Waals surface area contributed by atoms with Crippen LogP contribution < -0.4 is 0 Å². The molecule has 0 amide bonds. The first-order chi connectivity index (χ1) is 8.79. The Labute approximate surface area is 105 Å². The van der Waals surface area contributed by atoms with Crippen molar-refractivity contribution in [1.82, 2.24) is 9.38 Å². The van der Waals surface area contributed by atoms with Crippen LogP contribution in [0.25, 0.3) is 16.9 Å². The van der Waals surface area contributed by atoms with Crippen molar-refractivity contribution in [3.05, 3.63) is 59.9 Å². The summed E-state index contributed by atoms with van der Waals surface area (Å²) in [5, 5.41) is 8.80. The maximum absolute atomic E-state index is 8.80. The fourth-order valence-electron chi connectivity index (χ4n) is 2.09. The van der Waals surface area contributed by atoms with Crippen LogP contribution >= 0.6 is 0 Å². The fourth-order valence-corrected chi connectivity index (χ4v) is 2.09. The summed E-state index contributed by atoms with van der Waals surface area (Å²) >= 11 is 0. The quantitative estimate of drug-likeness (QED) is 0.647. The van der Waals surface area contributed by atoms with Gasteiger partial charge < -0.3 is 4.40 Å². The van der Waals surface area contributed by atoms with Crippen molar-refractivity contribution in [1.29, 1.82) is 5.26 Å². The minimum absolute atomic E-state index is 0.667. The number of hydrogen-bond acceptors (Lipinski definition) is 2. The molecule has 86 valence electrons. The normalized spacial score (nSPS) is 10.4. The summed E-state index contributed by atoms with van der Waals surface area (Å²) in [6, 6.07) is 15.6. The van der Waals surface area contributed by atoms with E-state index in [2.05, 4.69) is 15.5 Å². The highest BCUT2D eigenvalue weighted by atomic mass is 15.0. The number of aryl methyl sites for hydroxylation is 1. The Kier molecular flexibility index (Phi) is 2.35. The molecule has 0 unspecified atom stereocenters. The van der Waals surface area contributed by atoms with Gasteiger partial charge in [-0.3, -0.25) is 0 Å². The first kappa shape index (κ1) is 10.5. The van der Waals surface area contributed by atoms with Gasteiger partial charge in [0.15, 0.2) is 0 Å². The van der Waals surface area contributed by atoms with Gasteiger partial charge in [-0.2, -0.15) is 5.26 Å². The number of aromatic nitrogens is 2. The minimum Gasteiger partial charge on any atom is -0.304 e. The number of hydrogen-bond donors (Lipinski definition) is 0. The summed E-state index contributed by atoms with van der Waals surface area (Å²) in [4.78, 5) is 4.62. The monoisotopic (exact) mass is 233 g/mol. The van der Waals surface area contributed by atoms with Crippen molar-refractivity contribution in [2.45, 2.75) is 6.92 Å². The molecule has 0 spiro atoms. The van der Waals surface area contributed by atoms with Gasteiger partial charge in [-0.25, -0.2) is 4.98 Å². The Hall–Kier alpha value is -2.60. The molecule has 0 aliphatic carbocycles. The molecule has 0 radical (unpaired) electrons. The van der Waals surface area contributed by atoms with Gasteiger partial charge in [0.25, 0.3) is 0 Å². The molecule has 0 N–H and O–H groups in total. The molecule has 0 saturated carbocycles. The highest BCUT2D eigenvalue weighted by Crippen LogP contribution is 2.23. The zero-order valence-electron chi connectivity index (χ0n) is 9.96. The van der Waals surface area contributed by atoms with E-state index in [9.17, 15) is 0 Å². The summed E-state index contributed by atoms with van der Waals surface area (Å²) < 4.78 is 2.06. The van der Waals surface area contributed by atoms with E-state index in [0.717, 1.165) is 22.6 Å². The number of imidazole rings is 1. The lowest BCUT2D eigenvalue weighted by atomic mass is 10.1. The van der Waals surface area contributed by atoms with Crippen molar-refractivity contribution in [3.63, 3.8) is 0 Å². The lowest BCUT2D eigenvalue weighted by molar-refractivity contribution is 1.11. The van der Waals surface area contributed by atoms with Crippen LogP contribution in [0, 0.1) is 18.3 Å². The van der Waals surface area contributed by atoms with E-state index in [0.29, 0.717) is 5.56 Å². The van der Waals surface area contributed by atoms with Crippen molar-refractivity contribution in [2.75, 3.05) is 0 Å². The van der Waals surface area contributed by atoms with Crippen LogP contribution in [-0.2, 0) is 0 Å². The number of benzene rings is 1. The van der Waals surface area contributed by atoms with E-state index < -0.39 is 0 Å². The minimum atomic E-state index is 0.667. The third-order valence-corrected chi connectivity index (χ3v) is 3.06. The Bertz CT molecular complexity index is 745. The molecule has 1 aromatic carbocycles. The largest absolute Gasteiger partial charge is 0.304 e. The van der Waals surface area contributed by atoms with Gasteiger partial charge in [-0.15, -0.1) is 0 Å². The van der Waals surface area contributed by atoms with Gasteiger partial charge in [0.1, 0.15) is 5.65 Å². The van der Waals surface area contributed by atoms with Crippen LogP contribution in [0.4, 0.5) is 0 Å². The maximum atomic E-state index is 8.80. The van der Waals surface area contributed by atoms with Crippen LogP contribution in [0.15, 0.2) is 48.7 Å². The van der Waals surface area contributed by atoms with Crippen molar-refractivity contribution in [2.24, 2.45) is 0 Å². The van der Waals surface area contributed by atoms with Crippen LogP contribution in [-0.4, -0.2) is 9.38 Å². The molecule has 2 heterocycles. The highest BCUT2D eigenvalue weighted by Gasteiger charge is 2.09. The SMILES string of the molecule is Cc1c(-c2ccc(C#N)cc2)nc2ccccn12. The van der Waals surface area contributed by atoms with Crippen molar-refractivity contribution >= 4 is 5.65 Å². The average Bonchev–Trinajstić information content (AvgIpc) is 2.77. The molecule has 0 aliphatic heterocycles. The highest BCUT2D eigenvalue weighted by molar-refractivity contribution is 5.66. The number of pyridine rings is 1. The fraction of sp³-hybridized carbons (Fsp3) is 0.0667. The number of fused-ring (bicyclic) bond motifs is 1. The zero-order chi connectivity index (χ0) is 12.5. The van der Waals surface area contributed by atoms with Gasteiger partial charge in [0, 0.05) is 17.5 Å². The molecule has 18 heavy (non-hydrogen) atoms. The Balaban J connectivity index is 2.19. The maximum Gasteiger partial charge on any atom is 0.137 e. The van der Waals surface area contributed by atoms with E-state index in [1.807, 2.05) is 55.6 Å². The first-order valence-corrected chi connectivity index (χ1v) is 5.74. The second kappa shape index (κ2) is 4.01. The molecule has 0 aliphatic rings. The van der Waals surface area contributed by atoms with Gasteiger partial charge >= 0.3 is 0 Å². The zero-order valence-corrected chi connectivity index (χ0v) is 9.96. The first-order valence-electron chi connectivity index (χ1n) is 5.74. The second-order valence-corrected chi connectivity index (χ2v) is 4.16. The molecule has 3 nitrogen and oxygen atoms in total. The van der Waals surface area contributed by atoms with Gasteiger partial charge in [0.05, 0.1) is 17.3 Å². The molecule has 3 aromatic rings. The molecule has 0 saturated heterocycles. The molecule has 0 bridgehead atoms. The number of rotatable bonds is 1. The van der Waals surface area contributed by atoms with Crippen molar-refractivity contribution in [3.8, 4) is 17.3 Å². The molecule has 2 aromatic heterocycles. The van der Waals surface area contributed by atoms with E-state index >= 15 is 0 Å². The Morgan fingerprint density at radius 1 is 1.11 bits per heavy atom. The molecular formula is C15H11N3. The summed E-state index contributed by atoms with van der Waals surface area (Å²) in [5.41, 5.74) is 4.71. The number of nitrogens with zero attached hydrogens (tertiary/aromatic N) is 3. The summed E-state index contributed by atoms with van der Waals surface area (Å²) in [5.74, 6) is 0. The third kappa shape index (κ3) is 1.56. The van der Waals surface area contributed by atoms with E-state index in [1.54, 1.807) is 0 Å². The van der Waals surface area contributed by atoms with Gasteiger partial charge in [-0.05, 0) is 31.2 Å². The van der Waals surface area contributed by atoms with E-state index in [1.165, 1.54) is 0 Å².